The van der Waals surface area contributed by atoms with Crippen molar-refractivity contribution in [1.82, 2.24) is 10.3 Å². The molecule has 1 aromatic heterocycles. The van der Waals surface area contributed by atoms with Crippen LogP contribution >= 0.6 is 0 Å². The zero-order valence-electron chi connectivity index (χ0n) is 7.95. The van der Waals surface area contributed by atoms with Gasteiger partial charge in [-0.2, -0.15) is 0 Å². The summed E-state index contributed by atoms with van der Waals surface area (Å²) < 4.78 is 0. The quantitative estimate of drug-likeness (QED) is 0.741. The normalized spacial score (nSPS) is 12.5. The van der Waals surface area contributed by atoms with Crippen molar-refractivity contribution in [3.63, 3.8) is 0 Å². The number of ketones is 1. The maximum Gasteiger partial charge on any atom is 0.147 e. The number of pyridine rings is 1. The van der Waals surface area contributed by atoms with Gasteiger partial charge in [0.25, 0.3) is 0 Å². The highest BCUT2D eigenvalue weighted by Gasteiger charge is 2.11. The number of nitrogens with zero attached hydrogens (tertiary/aromatic N) is 1. The van der Waals surface area contributed by atoms with E-state index in [0.29, 0.717) is 0 Å². The molecule has 0 saturated carbocycles. The van der Waals surface area contributed by atoms with E-state index in [2.05, 4.69) is 10.3 Å². The van der Waals surface area contributed by atoms with E-state index in [4.69, 9.17) is 0 Å². The van der Waals surface area contributed by atoms with Crippen LogP contribution in [0, 0.1) is 0 Å². The average molecular weight is 178 g/mol. The first-order chi connectivity index (χ1) is 6.24. The summed E-state index contributed by atoms with van der Waals surface area (Å²) in [6.07, 6.45) is 4.21. The molecule has 0 bridgehead atoms. The second-order valence-electron chi connectivity index (χ2n) is 3.01. The molecule has 1 heterocycles. The van der Waals surface area contributed by atoms with Crippen molar-refractivity contribution >= 4 is 5.78 Å². The molecular formula is C10H14N2O. The maximum atomic E-state index is 11.1. The lowest BCUT2D eigenvalue weighted by molar-refractivity contribution is -0.118. The van der Waals surface area contributed by atoms with Gasteiger partial charge in [0.15, 0.2) is 0 Å². The molecule has 0 fully saturated rings. The molecule has 0 saturated heterocycles. The van der Waals surface area contributed by atoms with Crippen molar-refractivity contribution in [1.29, 1.82) is 0 Å². The Morgan fingerprint density at radius 2 is 2.15 bits per heavy atom. The lowest BCUT2D eigenvalue weighted by Crippen LogP contribution is -2.34. The first-order valence-electron chi connectivity index (χ1n) is 4.30. The van der Waals surface area contributed by atoms with Gasteiger partial charge < -0.3 is 5.32 Å². The second-order valence-corrected chi connectivity index (χ2v) is 3.01. The Bertz CT molecular complexity index is 272. The summed E-state index contributed by atoms with van der Waals surface area (Å²) in [6.45, 7) is 1.60. The Kier molecular flexibility index (Phi) is 3.58. The minimum atomic E-state index is -0.0811. The summed E-state index contributed by atoms with van der Waals surface area (Å²) in [7, 11) is 1.80. The van der Waals surface area contributed by atoms with Crippen molar-refractivity contribution in [2.75, 3.05) is 7.05 Å². The van der Waals surface area contributed by atoms with Crippen LogP contribution < -0.4 is 5.32 Å². The Morgan fingerprint density at radius 3 is 2.62 bits per heavy atom. The van der Waals surface area contributed by atoms with Gasteiger partial charge in [0.1, 0.15) is 5.78 Å². The summed E-state index contributed by atoms with van der Waals surface area (Å²) in [4.78, 5) is 15.0. The third-order valence-corrected chi connectivity index (χ3v) is 2.03. The molecule has 3 nitrogen and oxygen atoms in total. The van der Waals surface area contributed by atoms with Gasteiger partial charge in [0.05, 0.1) is 6.04 Å². The molecule has 0 aliphatic heterocycles. The number of carbonyl (C=O) groups excluding carboxylic acids is 1. The fourth-order valence-corrected chi connectivity index (χ4v) is 1.20. The molecule has 0 aromatic carbocycles. The van der Waals surface area contributed by atoms with Crippen molar-refractivity contribution < 1.29 is 4.79 Å². The number of Topliss-reactive ketones (excluding diaryl/α,β-unsaturated/α-hetero) is 1. The van der Waals surface area contributed by atoms with Crippen LogP contribution in [0.4, 0.5) is 0 Å². The number of aromatic nitrogens is 1. The van der Waals surface area contributed by atoms with Gasteiger partial charge >= 0.3 is 0 Å². The highest BCUT2D eigenvalue weighted by molar-refractivity contribution is 5.81. The highest BCUT2D eigenvalue weighted by atomic mass is 16.1. The topological polar surface area (TPSA) is 42.0 Å². The SMILES string of the molecule is CN[C@@H](Cc1ccncc1)C(C)=O. The molecule has 0 aliphatic carbocycles. The van der Waals surface area contributed by atoms with Crippen LogP contribution in [-0.2, 0) is 11.2 Å². The molecule has 0 spiro atoms. The summed E-state index contributed by atoms with van der Waals surface area (Å²) in [6, 6.07) is 3.77. The van der Waals surface area contributed by atoms with E-state index < -0.39 is 0 Å². The zero-order chi connectivity index (χ0) is 9.68. The summed E-state index contributed by atoms with van der Waals surface area (Å²) in [5.74, 6) is 0.166. The molecule has 1 rings (SSSR count). The molecule has 13 heavy (non-hydrogen) atoms. The van der Waals surface area contributed by atoms with E-state index in [1.165, 1.54) is 0 Å². The number of rotatable bonds is 4. The third kappa shape index (κ3) is 2.95. The third-order valence-electron chi connectivity index (χ3n) is 2.03. The molecular weight excluding hydrogens is 164 g/mol. The number of likely N-dealkylation sites (N-methyl/N-ethyl adjacent to an activating group) is 1. The van der Waals surface area contributed by atoms with Crippen LogP contribution in [0.15, 0.2) is 24.5 Å². The summed E-state index contributed by atoms with van der Waals surface area (Å²) in [5.41, 5.74) is 1.13. The first kappa shape index (κ1) is 9.86. The van der Waals surface area contributed by atoms with E-state index in [1.807, 2.05) is 12.1 Å². The van der Waals surface area contributed by atoms with E-state index in [9.17, 15) is 4.79 Å². The molecule has 70 valence electrons. The second kappa shape index (κ2) is 4.72. The van der Waals surface area contributed by atoms with Crippen LogP contribution in [0.1, 0.15) is 12.5 Å². The highest BCUT2D eigenvalue weighted by Crippen LogP contribution is 2.01. The van der Waals surface area contributed by atoms with Gasteiger partial charge in [-0.1, -0.05) is 0 Å². The van der Waals surface area contributed by atoms with Crippen LogP contribution in [0.3, 0.4) is 0 Å². The summed E-state index contributed by atoms with van der Waals surface area (Å²) in [5, 5.41) is 2.98. The smallest absolute Gasteiger partial charge is 0.147 e. The molecule has 1 N–H and O–H groups in total. The Hall–Kier alpha value is -1.22. The lowest BCUT2D eigenvalue weighted by Gasteiger charge is -2.11. The minimum Gasteiger partial charge on any atom is -0.310 e. The molecule has 1 atom stereocenters. The van der Waals surface area contributed by atoms with E-state index in [1.54, 1.807) is 26.4 Å². The van der Waals surface area contributed by atoms with E-state index in [0.717, 1.165) is 12.0 Å². The number of nitrogens with one attached hydrogen (secondary N) is 1. The average Bonchev–Trinajstić information content (AvgIpc) is 2.15. The van der Waals surface area contributed by atoms with Gasteiger partial charge in [-0.15, -0.1) is 0 Å². The number of hydrogen-bond acceptors (Lipinski definition) is 3. The van der Waals surface area contributed by atoms with Gasteiger partial charge in [-0.25, -0.2) is 0 Å². The standard InChI is InChI=1S/C10H14N2O/c1-8(13)10(11-2)7-9-3-5-12-6-4-9/h3-6,10-11H,7H2,1-2H3/t10-/m0/s1. The molecule has 0 radical (unpaired) electrons. The molecule has 0 amide bonds. The van der Waals surface area contributed by atoms with Crippen molar-refractivity contribution in [3.8, 4) is 0 Å². The lowest BCUT2D eigenvalue weighted by atomic mass is 10.0. The van der Waals surface area contributed by atoms with Gasteiger partial charge in [-0.3, -0.25) is 9.78 Å². The monoisotopic (exact) mass is 178 g/mol. The molecule has 0 unspecified atom stereocenters. The van der Waals surface area contributed by atoms with Crippen molar-refractivity contribution in [2.45, 2.75) is 19.4 Å². The zero-order valence-corrected chi connectivity index (χ0v) is 7.95. The Labute approximate surface area is 78.2 Å². The fraction of sp³-hybridized carbons (Fsp3) is 0.400. The van der Waals surface area contributed by atoms with Crippen LogP contribution in [0.25, 0.3) is 0 Å². The van der Waals surface area contributed by atoms with Crippen LogP contribution in [-0.4, -0.2) is 23.9 Å². The van der Waals surface area contributed by atoms with Gasteiger partial charge in [0, 0.05) is 12.4 Å². The van der Waals surface area contributed by atoms with E-state index in [-0.39, 0.29) is 11.8 Å². The van der Waals surface area contributed by atoms with Crippen LogP contribution in [0.5, 0.6) is 0 Å². The molecule has 1 aromatic rings. The van der Waals surface area contributed by atoms with Crippen LogP contribution in [0.2, 0.25) is 0 Å². The predicted octanol–water partition coefficient (Wildman–Crippen LogP) is 0.801. The fourth-order valence-electron chi connectivity index (χ4n) is 1.20. The summed E-state index contributed by atoms with van der Waals surface area (Å²) >= 11 is 0. The van der Waals surface area contributed by atoms with Gasteiger partial charge in [-0.05, 0) is 38.1 Å². The van der Waals surface area contributed by atoms with E-state index >= 15 is 0 Å². The minimum absolute atomic E-state index is 0.0811. The van der Waals surface area contributed by atoms with Crippen molar-refractivity contribution in [3.05, 3.63) is 30.1 Å². The largest absolute Gasteiger partial charge is 0.310 e. The molecule has 0 aliphatic rings. The Balaban J connectivity index is 2.62. The van der Waals surface area contributed by atoms with Gasteiger partial charge in [0.2, 0.25) is 0 Å². The predicted molar refractivity (Wildman–Crippen MR) is 51.5 cm³/mol. The number of carbonyl (C=O) groups is 1. The Morgan fingerprint density at radius 1 is 1.54 bits per heavy atom. The van der Waals surface area contributed by atoms with Crippen molar-refractivity contribution in [2.24, 2.45) is 0 Å². The maximum absolute atomic E-state index is 11.1. The first-order valence-corrected chi connectivity index (χ1v) is 4.30. The molecule has 3 heteroatoms. The number of hydrogen-bond donors (Lipinski definition) is 1.